The number of thioether (sulfide) groups is 1. The minimum absolute atomic E-state index is 0.0275. The van der Waals surface area contributed by atoms with E-state index in [9.17, 15) is 9.59 Å². The lowest BCUT2D eigenvalue weighted by atomic mass is 9.75. The van der Waals surface area contributed by atoms with Crippen molar-refractivity contribution in [2.45, 2.75) is 42.0 Å². The molecule has 2 saturated carbocycles. The van der Waals surface area contributed by atoms with E-state index < -0.39 is 0 Å². The van der Waals surface area contributed by atoms with Crippen LogP contribution in [0.4, 0.5) is 5.69 Å². The van der Waals surface area contributed by atoms with E-state index in [1.165, 1.54) is 36.2 Å². The molecule has 1 amide bonds. The Hall–Kier alpha value is -2.54. The van der Waals surface area contributed by atoms with Crippen LogP contribution in [0.25, 0.3) is 10.8 Å². The van der Waals surface area contributed by atoms with Gasteiger partial charge in [0.1, 0.15) is 6.54 Å². The highest BCUT2D eigenvalue weighted by molar-refractivity contribution is 8.00. The van der Waals surface area contributed by atoms with E-state index in [-0.39, 0.29) is 23.2 Å². The van der Waals surface area contributed by atoms with Crippen LogP contribution in [0.2, 0.25) is 5.02 Å². The lowest BCUT2D eigenvalue weighted by Crippen LogP contribution is -2.34. The molecule has 7 rings (SSSR count). The van der Waals surface area contributed by atoms with Crippen LogP contribution in [0.1, 0.15) is 35.6 Å². The van der Waals surface area contributed by atoms with Gasteiger partial charge in [-0.1, -0.05) is 71.5 Å². The van der Waals surface area contributed by atoms with Crippen LogP contribution in [-0.2, 0) is 11.3 Å². The predicted molar refractivity (Wildman–Crippen MR) is 148 cm³/mol. The van der Waals surface area contributed by atoms with Gasteiger partial charge in [0, 0.05) is 32.1 Å². The summed E-state index contributed by atoms with van der Waals surface area (Å²) in [5.74, 6) is 1.97. The number of aromatic nitrogens is 1. The summed E-state index contributed by atoms with van der Waals surface area (Å²) in [4.78, 5) is 27.6. The number of amides is 1. The Morgan fingerprint density at radius 2 is 1.78 bits per heavy atom. The average molecular weight is 533 g/mol. The van der Waals surface area contributed by atoms with E-state index >= 15 is 0 Å². The summed E-state index contributed by atoms with van der Waals surface area (Å²) in [5.41, 5.74) is 2.01. The standard InChI is InChI=1S/C29H25ClN2O2S2/c30-20-12-10-17(11-13-20)24-25-18-8-9-19(14-18)26(25)35-28-27(24)36-29(34)32(28)15-23(33)31-22-7-3-5-16-4-1-2-6-21(16)22/h1-7,10-13,18-19,24-26H,8-9,14-15H2,(H,31,33)/t18?,19?,24-,25?,26?/m1/s1. The number of nitrogens with zero attached hydrogens (tertiary/aromatic N) is 1. The number of carbonyl (C=O) groups excluding carboxylic acids is 1. The number of nitrogens with one attached hydrogen (secondary N) is 1. The van der Waals surface area contributed by atoms with Gasteiger partial charge in [0.05, 0.1) is 5.03 Å². The molecular formula is C29H25ClN2O2S2. The first-order chi connectivity index (χ1) is 17.6. The van der Waals surface area contributed by atoms with Gasteiger partial charge in [0.15, 0.2) is 0 Å². The molecule has 182 valence electrons. The van der Waals surface area contributed by atoms with Crippen molar-refractivity contribution in [2.75, 3.05) is 5.32 Å². The first-order valence-corrected chi connectivity index (χ1v) is 14.6. The topological polar surface area (TPSA) is 51.1 Å². The summed E-state index contributed by atoms with van der Waals surface area (Å²) in [6.45, 7) is 0.0275. The third-order valence-corrected chi connectivity index (χ3v) is 11.4. The molecule has 0 radical (unpaired) electrons. The molecular weight excluding hydrogens is 508 g/mol. The normalized spacial score (nSPS) is 26.1. The van der Waals surface area contributed by atoms with Crippen molar-refractivity contribution in [3.63, 3.8) is 0 Å². The van der Waals surface area contributed by atoms with E-state index in [0.717, 1.165) is 31.4 Å². The maximum Gasteiger partial charge on any atom is 0.308 e. The first kappa shape index (κ1) is 22.6. The number of benzene rings is 3. The Kier molecular flexibility index (Phi) is 5.53. The zero-order valence-electron chi connectivity index (χ0n) is 19.5. The Bertz CT molecular complexity index is 1540. The van der Waals surface area contributed by atoms with Crippen LogP contribution in [0, 0.1) is 17.8 Å². The molecule has 3 aromatic carbocycles. The highest BCUT2D eigenvalue weighted by Crippen LogP contribution is 2.64. The number of hydrogen-bond acceptors (Lipinski definition) is 4. The van der Waals surface area contributed by atoms with Crippen LogP contribution in [0.3, 0.4) is 0 Å². The van der Waals surface area contributed by atoms with E-state index in [0.29, 0.717) is 23.0 Å². The second-order valence-corrected chi connectivity index (χ2v) is 12.8. The lowest BCUT2D eigenvalue weighted by Gasteiger charge is -2.40. The minimum Gasteiger partial charge on any atom is -0.324 e. The molecule has 1 aromatic heterocycles. The highest BCUT2D eigenvalue weighted by atomic mass is 35.5. The smallest absolute Gasteiger partial charge is 0.308 e. The Labute approximate surface area is 222 Å². The second kappa shape index (κ2) is 8.79. The summed E-state index contributed by atoms with van der Waals surface area (Å²) in [5, 5.41) is 7.35. The molecule has 5 atom stereocenters. The molecule has 4 unspecified atom stereocenters. The zero-order chi connectivity index (χ0) is 24.4. The minimum atomic E-state index is -0.173. The van der Waals surface area contributed by atoms with Crippen molar-refractivity contribution in [1.82, 2.24) is 4.57 Å². The Morgan fingerprint density at radius 3 is 2.64 bits per heavy atom. The number of thiazole rings is 1. The molecule has 0 saturated heterocycles. The fourth-order valence-corrected chi connectivity index (χ4v) is 10.1. The monoisotopic (exact) mass is 532 g/mol. The number of hydrogen-bond donors (Lipinski definition) is 1. The number of rotatable bonds is 4. The van der Waals surface area contributed by atoms with E-state index in [1.54, 1.807) is 4.57 Å². The van der Waals surface area contributed by atoms with Gasteiger partial charge in [-0.2, -0.15) is 0 Å². The van der Waals surface area contributed by atoms with Gasteiger partial charge in [0.2, 0.25) is 5.91 Å². The third kappa shape index (κ3) is 3.65. The average Bonchev–Trinajstić information content (AvgIpc) is 3.58. The zero-order valence-corrected chi connectivity index (χ0v) is 21.9. The number of carbonyl (C=O) groups is 1. The van der Waals surface area contributed by atoms with Crippen molar-refractivity contribution in [1.29, 1.82) is 0 Å². The molecule has 3 aliphatic rings. The van der Waals surface area contributed by atoms with Gasteiger partial charge < -0.3 is 5.32 Å². The largest absolute Gasteiger partial charge is 0.324 e. The molecule has 4 aromatic rings. The second-order valence-electron chi connectivity index (χ2n) is 10.2. The lowest BCUT2D eigenvalue weighted by molar-refractivity contribution is -0.116. The first-order valence-electron chi connectivity index (χ1n) is 12.5. The maximum atomic E-state index is 13.3. The van der Waals surface area contributed by atoms with Gasteiger partial charge >= 0.3 is 4.87 Å². The van der Waals surface area contributed by atoms with E-state index in [4.69, 9.17) is 11.6 Å². The highest BCUT2D eigenvalue weighted by Gasteiger charge is 2.55. The SMILES string of the molecule is O=C(Cn1c2c(sc1=O)[C@H](c1ccc(Cl)cc1)C1C3CCC(C3)C1S2)Nc1cccc2ccccc12. The Morgan fingerprint density at radius 1 is 1.00 bits per heavy atom. The van der Waals surface area contributed by atoms with E-state index in [1.807, 2.05) is 66.4 Å². The summed E-state index contributed by atoms with van der Waals surface area (Å²) < 4.78 is 1.72. The molecule has 2 bridgehead atoms. The van der Waals surface area contributed by atoms with Crippen LogP contribution in [-0.4, -0.2) is 15.7 Å². The summed E-state index contributed by atoms with van der Waals surface area (Å²) in [7, 11) is 0. The summed E-state index contributed by atoms with van der Waals surface area (Å²) in [6.07, 6.45) is 3.85. The molecule has 2 fully saturated rings. The van der Waals surface area contributed by atoms with Crippen molar-refractivity contribution in [3.8, 4) is 0 Å². The molecule has 4 nitrogen and oxygen atoms in total. The fraction of sp³-hybridized carbons (Fsp3) is 0.310. The van der Waals surface area contributed by atoms with Crippen molar-refractivity contribution in [3.05, 3.63) is 91.9 Å². The summed E-state index contributed by atoms with van der Waals surface area (Å²) in [6, 6.07) is 22.0. The van der Waals surface area contributed by atoms with E-state index in [2.05, 4.69) is 17.4 Å². The molecule has 36 heavy (non-hydrogen) atoms. The van der Waals surface area contributed by atoms with Gasteiger partial charge in [-0.15, -0.1) is 11.8 Å². The van der Waals surface area contributed by atoms with Crippen LogP contribution in [0.5, 0.6) is 0 Å². The molecule has 1 aliphatic heterocycles. The summed E-state index contributed by atoms with van der Waals surface area (Å²) >= 11 is 9.40. The molecule has 7 heteroatoms. The quantitative estimate of drug-likeness (QED) is 0.307. The van der Waals surface area contributed by atoms with Crippen LogP contribution >= 0.6 is 34.7 Å². The van der Waals surface area contributed by atoms with Gasteiger partial charge in [0.25, 0.3) is 0 Å². The van der Waals surface area contributed by atoms with Crippen LogP contribution < -0.4 is 10.2 Å². The predicted octanol–water partition coefficient (Wildman–Crippen LogP) is 7.01. The van der Waals surface area contributed by atoms with Crippen molar-refractivity contribution in [2.24, 2.45) is 17.8 Å². The van der Waals surface area contributed by atoms with Gasteiger partial charge in [-0.25, -0.2) is 0 Å². The molecule has 1 N–H and O–H groups in total. The number of fused-ring (bicyclic) bond motifs is 7. The molecule has 2 heterocycles. The van der Waals surface area contributed by atoms with Gasteiger partial charge in [-0.05, 0) is 66.2 Å². The number of halogens is 1. The van der Waals surface area contributed by atoms with Crippen molar-refractivity contribution < 1.29 is 4.79 Å². The molecule has 0 spiro atoms. The van der Waals surface area contributed by atoms with Gasteiger partial charge in [-0.3, -0.25) is 14.2 Å². The fourth-order valence-electron chi connectivity index (χ4n) is 6.80. The third-order valence-electron chi connectivity index (χ3n) is 8.29. The number of anilines is 1. The van der Waals surface area contributed by atoms with Crippen molar-refractivity contribution >= 4 is 57.1 Å². The maximum absolute atomic E-state index is 13.3. The Balaban J connectivity index is 1.25. The molecule has 2 aliphatic carbocycles. The van der Waals surface area contributed by atoms with Crippen LogP contribution in [0.15, 0.2) is 76.6 Å².